The summed E-state index contributed by atoms with van der Waals surface area (Å²) in [4.78, 5) is 17.6. The molecule has 3 aromatic rings. The van der Waals surface area contributed by atoms with Crippen LogP contribution in [0.3, 0.4) is 0 Å². The molecule has 0 atom stereocenters. The van der Waals surface area contributed by atoms with E-state index in [2.05, 4.69) is 10.3 Å². The lowest BCUT2D eigenvalue weighted by Gasteiger charge is -2.16. The third-order valence-electron chi connectivity index (χ3n) is 5.20. The van der Waals surface area contributed by atoms with Crippen LogP contribution < -0.4 is 5.32 Å². The van der Waals surface area contributed by atoms with E-state index in [4.69, 9.17) is 0 Å². The van der Waals surface area contributed by atoms with Crippen molar-refractivity contribution in [3.8, 4) is 0 Å². The number of rotatable bonds is 4. The standard InChI is InChI=1S/C22H23N3O3S/c1-15-8-9-21-17(12-15)13-20(16(2)23-21)22(26)24-18-6-5-7-19(14-18)29(27,28)25-10-3-4-11-25/h5-9,12-14H,3-4,10-11H2,1-2H3,(H,24,26). The van der Waals surface area contributed by atoms with Gasteiger partial charge in [0.1, 0.15) is 0 Å². The number of amides is 1. The predicted molar refractivity (Wildman–Crippen MR) is 114 cm³/mol. The quantitative estimate of drug-likeness (QED) is 0.709. The molecule has 150 valence electrons. The number of fused-ring (bicyclic) bond motifs is 1. The minimum absolute atomic E-state index is 0.196. The number of nitrogens with zero attached hydrogens (tertiary/aromatic N) is 2. The maximum atomic E-state index is 12.9. The van der Waals surface area contributed by atoms with Gasteiger partial charge in [0.2, 0.25) is 10.0 Å². The number of sulfonamides is 1. The third-order valence-corrected chi connectivity index (χ3v) is 7.09. The second kappa shape index (κ2) is 7.57. The van der Waals surface area contributed by atoms with Crippen LogP contribution in [0.4, 0.5) is 5.69 Å². The van der Waals surface area contributed by atoms with Crippen LogP contribution in [0.15, 0.2) is 53.4 Å². The fourth-order valence-electron chi connectivity index (χ4n) is 3.63. The van der Waals surface area contributed by atoms with Crippen LogP contribution in [0.1, 0.15) is 34.5 Å². The summed E-state index contributed by atoms with van der Waals surface area (Å²) in [6.45, 7) is 4.87. The summed E-state index contributed by atoms with van der Waals surface area (Å²) < 4.78 is 27.0. The highest BCUT2D eigenvalue weighted by atomic mass is 32.2. The Morgan fingerprint density at radius 3 is 2.55 bits per heavy atom. The molecule has 7 heteroatoms. The first kappa shape index (κ1) is 19.5. The van der Waals surface area contributed by atoms with E-state index in [0.717, 1.165) is 29.3 Å². The van der Waals surface area contributed by atoms with E-state index in [9.17, 15) is 13.2 Å². The fraction of sp³-hybridized carbons (Fsp3) is 0.273. The number of hydrogen-bond acceptors (Lipinski definition) is 4. The molecule has 1 aromatic heterocycles. The summed E-state index contributed by atoms with van der Waals surface area (Å²) in [6, 6.07) is 14.1. The van der Waals surface area contributed by atoms with Crippen molar-refractivity contribution in [2.24, 2.45) is 0 Å². The summed E-state index contributed by atoms with van der Waals surface area (Å²) in [5, 5.41) is 3.71. The number of benzene rings is 2. The monoisotopic (exact) mass is 409 g/mol. The molecule has 29 heavy (non-hydrogen) atoms. The number of nitrogens with one attached hydrogen (secondary N) is 1. The summed E-state index contributed by atoms with van der Waals surface area (Å²) in [5.74, 6) is -0.311. The van der Waals surface area contributed by atoms with Crippen LogP contribution in [0.2, 0.25) is 0 Å². The lowest BCUT2D eigenvalue weighted by Crippen LogP contribution is -2.28. The molecule has 0 bridgehead atoms. The first-order chi connectivity index (χ1) is 13.8. The van der Waals surface area contributed by atoms with Crippen LogP contribution >= 0.6 is 0 Å². The number of anilines is 1. The zero-order chi connectivity index (χ0) is 20.6. The average Bonchev–Trinajstić information content (AvgIpc) is 3.23. The highest BCUT2D eigenvalue weighted by Crippen LogP contribution is 2.24. The van der Waals surface area contributed by atoms with Gasteiger partial charge in [0.25, 0.3) is 5.91 Å². The van der Waals surface area contributed by atoms with Gasteiger partial charge in [-0.1, -0.05) is 17.7 Å². The Labute approximate surface area is 170 Å². The molecule has 1 N–H and O–H groups in total. The van der Waals surface area contributed by atoms with Crippen LogP contribution in [0.5, 0.6) is 0 Å². The maximum Gasteiger partial charge on any atom is 0.257 e. The van der Waals surface area contributed by atoms with E-state index >= 15 is 0 Å². The number of aryl methyl sites for hydroxylation is 2. The number of aromatic nitrogens is 1. The molecule has 0 saturated carbocycles. The molecule has 0 spiro atoms. The van der Waals surface area contributed by atoms with Crippen LogP contribution in [-0.2, 0) is 10.0 Å². The molecule has 0 radical (unpaired) electrons. The second-order valence-corrected chi connectivity index (χ2v) is 9.35. The fourth-order valence-corrected chi connectivity index (χ4v) is 5.20. The van der Waals surface area contributed by atoms with Crippen molar-refractivity contribution in [1.82, 2.24) is 9.29 Å². The van der Waals surface area contributed by atoms with Crippen molar-refractivity contribution in [2.75, 3.05) is 18.4 Å². The molecule has 2 aromatic carbocycles. The number of pyridine rings is 1. The van der Waals surface area contributed by atoms with Gasteiger partial charge in [0, 0.05) is 24.2 Å². The van der Waals surface area contributed by atoms with E-state index in [1.165, 1.54) is 10.4 Å². The lowest BCUT2D eigenvalue weighted by atomic mass is 10.1. The molecular weight excluding hydrogens is 386 g/mol. The summed E-state index contributed by atoms with van der Waals surface area (Å²) in [6.07, 6.45) is 1.76. The smallest absolute Gasteiger partial charge is 0.257 e. The minimum atomic E-state index is -3.53. The molecule has 4 rings (SSSR count). The molecule has 6 nitrogen and oxygen atoms in total. The number of hydrogen-bond donors (Lipinski definition) is 1. The van der Waals surface area contributed by atoms with Gasteiger partial charge in [-0.05, 0) is 63.1 Å². The Balaban J connectivity index is 1.62. The van der Waals surface area contributed by atoms with Gasteiger partial charge >= 0.3 is 0 Å². The Morgan fingerprint density at radius 1 is 1.03 bits per heavy atom. The first-order valence-electron chi connectivity index (χ1n) is 9.64. The Hall–Kier alpha value is -2.77. The van der Waals surface area contributed by atoms with Crippen LogP contribution in [-0.4, -0.2) is 36.7 Å². The van der Waals surface area contributed by atoms with E-state index < -0.39 is 10.0 Å². The zero-order valence-corrected chi connectivity index (χ0v) is 17.3. The molecular formula is C22H23N3O3S. The van der Waals surface area contributed by atoms with Crippen molar-refractivity contribution >= 4 is 32.5 Å². The topological polar surface area (TPSA) is 79.4 Å². The van der Waals surface area contributed by atoms with Gasteiger partial charge in [-0.25, -0.2) is 8.42 Å². The van der Waals surface area contributed by atoms with Crippen molar-refractivity contribution in [2.45, 2.75) is 31.6 Å². The van der Waals surface area contributed by atoms with Crippen molar-refractivity contribution < 1.29 is 13.2 Å². The normalized spacial score (nSPS) is 15.0. The van der Waals surface area contributed by atoms with Gasteiger partial charge in [-0.3, -0.25) is 9.78 Å². The van der Waals surface area contributed by atoms with Crippen molar-refractivity contribution in [1.29, 1.82) is 0 Å². The Morgan fingerprint density at radius 2 is 1.79 bits per heavy atom. The van der Waals surface area contributed by atoms with E-state index in [-0.39, 0.29) is 10.8 Å². The SMILES string of the molecule is Cc1ccc2nc(C)c(C(=O)Nc3cccc(S(=O)(=O)N4CCCC4)c3)cc2c1. The summed E-state index contributed by atoms with van der Waals surface area (Å²) in [7, 11) is -3.53. The molecule has 2 heterocycles. The third kappa shape index (κ3) is 3.88. The highest BCUT2D eigenvalue weighted by molar-refractivity contribution is 7.89. The Kier molecular flexibility index (Phi) is 5.10. The van der Waals surface area contributed by atoms with E-state index in [1.54, 1.807) is 25.1 Å². The molecule has 1 fully saturated rings. The van der Waals surface area contributed by atoms with Gasteiger partial charge in [-0.2, -0.15) is 4.31 Å². The largest absolute Gasteiger partial charge is 0.322 e. The minimum Gasteiger partial charge on any atom is -0.322 e. The predicted octanol–water partition coefficient (Wildman–Crippen LogP) is 3.89. The molecule has 0 unspecified atom stereocenters. The van der Waals surface area contributed by atoms with Crippen molar-refractivity contribution in [3.63, 3.8) is 0 Å². The number of carbonyl (C=O) groups excluding carboxylic acids is 1. The molecule has 0 aliphatic carbocycles. The van der Waals surface area contributed by atoms with E-state index in [0.29, 0.717) is 30.0 Å². The van der Waals surface area contributed by atoms with Gasteiger partial charge in [0.15, 0.2) is 0 Å². The zero-order valence-electron chi connectivity index (χ0n) is 16.5. The van der Waals surface area contributed by atoms with E-state index in [1.807, 2.05) is 31.2 Å². The summed E-state index contributed by atoms with van der Waals surface area (Å²) >= 11 is 0. The average molecular weight is 410 g/mol. The van der Waals surface area contributed by atoms with Gasteiger partial charge in [0.05, 0.1) is 21.7 Å². The maximum absolute atomic E-state index is 12.9. The van der Waals surface area contributed by atoms with Crippen LogP contribution in [0, 0.1) is 13.8 Å². The molecule has 1 saturated heterocycles. The first-order valence-corrected chi connectivity index (χ1v) is 11.1. The Bertz CT molecular complexity index is 1200. The molecule has 1 aliphatic heterocycles. The highest BCUT2D eigenvalue weighted by Gasteiger charge is 2.27. The lowest BCUT2D eigenvalue weighted by molar-refractivity contribution is 0.102. The molecule has 1 aliphatic rings. The van der Waals surface area contributed by atoms with Crippen LogP contribution in [0.25, 0.3) is 10.9 Å². The van der Waals surface area contributed by atoms with Gasteiger partial charge in [-0.15, -0.1) is 0 Å². The van der Waals surface area contributed by atoms with Crippen molar-refractivity contribution in [3.05, 3.63) is 65.4 Å². The van der Waals surface area contributed by atoms with Gasteiger partial charge < -0.3 is 5.32 Å². The number of carbonyl (C=O) groups is 1. The summed E-state index contributed by atoms with van der Waals surface area (Å²) in [5.41, 5.74) is 3.47. The second-order valence-electron chi connectivity index (χ2n) is 7.41. The molecule has 1 amide bonds.